The van der Waals surface area contributed by atoms with Crippen molar-refractivity contribution in [3.63, 3.8) is 0 Å². The minimum absolute atomic E-state index is 0.0643. The summed E-state index contributed by atoms with van der Waals surface area (Å²) >= 11 is 0. The molecule has 0 saturated carbocycles. The van der Waals surface area contributed by atoms with Crippen LogP contribution in [-0.2, 0) is 19.6 Å². The van der Waals surface area contributed by atoms with Gasteiger partial charge in [0.2, 0.25) is 15.9 Å². The van der Waals surface area contributed by atoms with E-state index in [4.69, 9.17) is 5.11 Å². The third-order valence-electron chi connectivity index (χ3n) is 2.67. The molecule has 0 aromatic heterocycles. The van der Waals surface area contributed by atoms with Gasteiger partial charge in [-0.25, -0.2) is 12.7 Å². The van der Waals surface area contributed by atoms with E-state index >= 15 is 0 Å². The van der Waals surface area contributed by atoms with Crippen molar-refractivity contribution in [1.29, 1.82) is 0 Å². The van der Waals surface area contributed by atoms with Crippen molar-refractivity contribution in [2.45, 2.75) is 27.7 Å². The van der Waals surface area contributed by atoms with Crippen LogP contribution in [0.3, 0.4) is 0 Å². The van der Waals surface area contributed by atoms with Crippen molar-refractivity contribution in [2.75, 3.05) is 31.9 Å². The number of sulfonamides is 1. The van der Waals surface area contributed by atoms with E-state index in [0.717, 1.165) is 4.90 Å². The van der Waals surface area contributed by atoms with Crippen LogP contribution in [-0.4, -0.2) is 66.5 Å². The van der Waals surface area contributed by atoms with Gasteiger partial charge in [0.1, 0.15) is 12.3 Å². The molecule has 0 aliphatic heterocycles. The third-order valence-corrected chi connectivity index (χ3v) is 4.58. The lowest BCUT2D eigenvalue weighted by atomic mass is 10.2. The van der Waals surface area contributed by atoms with Crippen LogP contribution in [0.4, 0.5) is 0 Å². The van der Waals surface area contributed by atoms with Crippen LogP contribution in [0.5, 0.6) is 0 Å². The summed E-state index contributed by atoms with van der Waals surface area (Å²) in [6.45, 7) is 7.36. The number of carbonyl (C=O) groups excluding carboxylic acids is 1. The maximum atomic E-state index is 12.0. The molecular weight excluding hydrogens is 284 g/mol. The Kier molecular flexibility index (Phi) is 7.74. The zero-order chi connectivity index (χ0) is 15.9. The number of carboxylic acid groups (broad SMARTS) is 1. The summed E-state index contributed by atoms with van der Waals surface area (Å²) in [6.07, 6.45) is 0. The first kappa shape index (κ1) is 18.9. The number of hydrogen-bond acceptors (Lipinski definition) is 4. The fourth-order valence-corrected chi connectivity index (χ4v) is 3.28. The van der Waals surface area contributed by atoms with E-state index in [9.17, 15) is 18.0 Å². The smallest absolute Gasteiger partial charge is 0.323 e. The van der Waals surface area contributed by atoms with Crippen LogP contribution in [0.25, 0.3) is 0 Å². The molecule has 0 saturated heterocycles. The van der Waals surface area contributed by atoms with Crippen molar-refractivity contribution in [3.05, 3.63) is 0 Å². The first-order chi connectivity index (χ1) is 9.13. The van der Waals surface area contributed by atoms with Gasteiger partial charge < -0.3 is 10.0 Å². The van der Waals surface area contributed by atoms with E-state index in [1.54, 1.807) is 13.8 Å². The molecule has 0 spiro atoms. The lowest BCUT2D eigenvalue weighted by Crippen LogP contribution is -2.44. The van der Waals surface area contributed by atoms with Crippen LogP contribution in [0, 0.1) is 5.92 Å². The van der Waals surface area contributed by atoms with Crippen LogP contribution in [0.1, 0.15) is 27.7 Å². The largest absolute Gasteiger partial charge is 0.480 e. The Bertz CT molecular complexity index is 429. The van der Waals surface area contributed by atoms with E-state index in [2.05, 4.69) is 0 Å². The van der Waals surface area contributed by atoms with Gasteiger partial charge in [-0.2, -0.15) is 0 Å². The van der Waals surface area contributed by atoms with E-state index in [0.29, 0.717) is 0 Å². The zero-order valence-electron chi connectivity index (χ0n) is 12.5. The Morgan fingerprint density at radius 2 is 1.65 bits per heavy atom. The minimum Gasteiger partial charge on any atom is -0.480 e. The Balaban J connectivity index is 4.95. The van der Waals surface area contributed by atoms with Crippen molar-refractivity contribution in [3.8, 4) is 0 Å². The van der Waals surface area contributed by atoms with E-state index in [-0.39, 0.29) is 25.6 Å². The van der Waals surface area contributed by atoms with Crippen LogP contribution >= 0.6 is 0 Å². The van der Waals surface area contributed by atoms with Crippen molar-refractivity contribution >= 4 is 21.9 Å². The van der Waals surface area contributed by atoms with Gasteiger partial charge in [0.05, 0.1) is 0 Å². The van der Waals surface area contributed by atoms with E-state index in [1.807, 2.05) is 13.8 Å². The summed E-state index contributed by atoms with van der Waals surface area (Å²) in [5.74, 6) is -2.45. The predicted octanol–water partition coefficient (Wildman–Crippen LogP) is 0.227. The first-order valence-corrected chi connectivity index (χ1v) is 8.22. The van der Waals surface area contributed by atoms with E-state index in [1.165, 1.54) is 4.31 Å². The molecule has 7 nitrogen and oxygen atoms in total. The van der Waals surface area contributed by atoms with Gasteiger partial charge in [0, 0.05) is 19.6 Å². The number of carboxylic acids is 1. The molecule has 0 heterocycles. The molecule has 20 heavy (non-hydrogen) atoms. The molecule has 0 atom stereocenters. The highest BCUT2D eigenvalue weighted by Gasteiger charge is 2.27. The summed E-state index contributed by atoms with van der Waals surface area (Å²) in [4.78, 5) is 23.9. The number of amides is 1. The molecule has 0 aromatic rings. The first-order valence-electron chi connectivity index (χ1n) is 6.61. The molecule has 0 unspecified atom stereocenters. The highest BCUT2D eigenvalue weighted by molar-refractivity contribution is 7.89. The highest BCUT2D eigenvalue weighted by Crippen LogP contribution is 2.05. The molecule has 0 radical (unpaired) electrons. The lowest BCUT2D eigenvalue weighted by Gasteiger charge is -2.24. The number of aliphatic carboxylic acids is 1. The summed E-state index contributed by atoms with van der Waals surface area (Å²) in [6, 6.07) is 0. The van der Waals surface area contributed by atoms with Gasteiger partial charge in [-0.15, -0.1) is 0 Å². The summed E-state index contributed by atoms with van der Waals surface area (Å²) in [5.41, 5.74) is 0. The van der Waals surface area contributed by atoms with Crippen LogP contribution in [0.15, 0.2) is 0 Å². The second kappa shape index (κ2) is 8.21. The molecule has 0 aromatic carbocycles. The fourth-order valence-electron chi connectivity index (χ4n) is 1.81. The van der Waals surface area contributed by atoms with Gasteiger partial charge >= 0.3 is 5.97 Å². The van der Waals surface area contributed by atoms with Gasteiger partial charge in [-0.05, 0) is 5.92 Å². The molecule has 0 rings (SSSR count). The average molecular weight is 308 g/mol. The molecular formula is C12H24N2O5S. The maximum absolute atomic E-state index is 12.0. The molecule has 1 amide bonds. The third kappa shape index (κ3) is 6.33. The number of carbonyl (C=O) groups is 2. The normalized spacial score (nSPS) is 11.9. The Morgan fingerprint density at radius 3 is 2.00 bits per heavy atom. The second-order valence-electron chi connectivity index (χ2n) is 4.90. The van der Waals surface area contributed by atoms with Crippen molar-refractivity contribution in [2.24, 2.45) is 5.92 Å². The summed E-state index contributed by atoms with van der Waals surface area (Å²) < 4.78 is 25.2. The highest BCUT2D eigenvalue weighted by atomic mass is 32.2. The fraction of sp³-hybridized carbons (Fsp3) is 0.833. The minimum atomic E-state index is -3.69. The lowest BCUT2D eigenvalue weighted by molar-refractivity contribution is -0.143. The van der Waals surface area contributed by atoms with Gasteiger partial charge in [0.25, 0.3) is 0 Å². The average Bonchev–Trinajstić information content (AvgIpc) is 2.27. The Labute approximate surface area is 120 Å². The molecule has 0 aliphatic rings. The molecule has 0 aliphatic carbocycles. The molecule has 8 heteroatoms. The number of nitrogens with zero attached hydrogens (tertiary/aromatic N) is 2. The molecule has 0 bridgehead atoms. The predicted molar refractivity (Wildman–Crippen MR) is 75.8 cm³/mol. The Hall–Kier alpha value is -1.15. The van der Waals surface area contributed by atoms with Gasteiger partial charge in [-0.1, -0.05) is 27.7 Å². The maximum Gasteiger partial charge on any atom is 0.323 e. The number of rotatable bonds is 9. The molecule has 1 N–H and O–H groups in total. The zero-order valence-corrected chi connectivity index (χ0v) is 13.3. The standard InChI is InChI=1S/C12H24N2O5S/c1-5-14(6-2)20(18,19)9-11(15)13(7-10(3)4)8-12(16)17/h10H,5-9H2,1-4H3,(H,16,17). The van der Waals surface area contributed by atoms with Crippen molar-refractivity contribution < 1.29 is 23.1 Å². The number of hydrogen-bond donors (Lipinski definition) is 1. The Morgan fingerprint density at radius 1 is 1.15 bits per heavy atom. The summed E-state index contributed by atoms with van der Waals surface area (Å²) in [5, 5.41) is 8.79. The monoisotopic (exact) mass is 308 g/mol. The topological polar surface area (TPSA) is 95.0 Å². The van der Waals surface area contributed by atoms with Crippen LogP contribution in [0.2, 0.25) is 0 Å². The van der Waals surface area contributed by atoms with Gasteiger partial charge in [-0.3, -0.25) is 9.59 Å². The molecule has 0 fully saturated rings. The van der Waals surface area contributed by atoms with Crippen molar-refractivity contribution in [1.82, 2.24) is 9.21 Å². The molecule has 118 valence electrons. The van der Waals surface area contributed by atoms with E-state index < -0.39 is 34.2 Å². The second-order valence-corrected chi connectivity index (χ2v) is 6.87. The summed E-state index contributed by atoms with van der Waals surface area (Å²) in [7, 11) is -3.69. The van der Waals surface area contributed by atoms with Crippen LogP contribution < -0.4 is 0 Å². The quantitative estimate of drug-likeness (QED) is 0.658. The van der Waals surface area contributed by atoms with Gasteiger partial charge in [0.15, 0.2) is 0 Å². The SMILES string of the molecule is CCN(CC)S(=O)(=O)CC(=O)N(CC(=O)O)CC(C)C.